The van der Waals surface area contributed by atoms with Gasteiger partial charge >= 0.3 is 5.97 Å². The van der Waals surface area contributed by atoms with Crippen molar-refractivity contribution in [3.63, 3.8) is 0 Å². The van der Waals surface area contributed by atoms with Gasteiger partial charge in [-0.15, -0.1) is 5.48 Å². The van der Waals surface area contributed by atoms with Crippen LogP contribution in [0.2, 0.25) is 0 Å². The van der Waals surface area contributed by atoms with Gasteiger partial charge in [0.05, 0.1) is 11.3 Å². The molecule has 0 saturated carbocycles. The third-order valence-corrected chi connectivity index (χ3v) is 6.98. The molecular formula is C26H31N3O5S. The minimum Gasteiger partial charge on any atom is -0.370 e. The van der Waals surface area contributed by atoms with Crippen molar-refractivity contribution in [2.75, 3.05) is 5.32 Å². The SMILES string of the molecule is CC(C)NS(=O)(=O)c1cccc2c(NC(=O)C(NOC(=O)Cc3ccccc3)C(C)C)cccc12. The molecular weight excluding hydrogens is 466 g/mol. The van der Waals surface area contributed by atoms with Crippen molar-refractivity contribution in [1.29, 1.82) is 0 Å². The minimum absolute atomic E-state index is 0.0747. The fourth-order valence-corrected chi connectivity index (χ4v) is 5.10. The second-order valence-electron chi connectivity index (χ2n) is 8.90. The van der Waals surface area contributed by atoms with Crippen LogP contribution in [-0.4, -0.2) is 32.4 Å². The van der Waals surface area contributed by atoms with Crippen molar-refractivity contribution in [2.45, 2.75) is 51.1 Å². The molecule has 8 nitrogen and oxygen atoms in total. The molecule has 0 fully saturated rings. The third kappa shape index (κ3) is 6.88. The Morgan fingerprint density at radius 3 is 2.17 bits per heavy atom. The van der Waals surface area contributed by atoms with Crippen molar-refractivity contribution >= 4 is 38.4 Å². The number of carbonyl (C=O) groups excluding carboxylic acids is 2. The third-order valence-electron chi connectivity index (χ3n) is 5.26. The first-order valence-electron chi connectivity index (χ1n) is 11.4. The van der Waals surface area contributed by atoms with Crippen molar-refractivity contribution in [2.24, 2.45) is 5.92 Å². The number of hydrogen-bond acceptors (Lipinski definition) is 6. The average molecular weight is 498 g/mol. The molecule has 3 rings (SSSR count). The predicted octanol–water partition coefficient (Wildman–Crippen LogP) is 3.78. The summed E-state index contributed by atoms with van der Waals surface area (Å²) in [6, 6.07) is 18.1. The van der Waals surface area contributed by atoms with Gasteiger partial charge in [0.25, 0.3) is 0 Å². The van der Waals surface area contributed by atoms with Crippen LogP contribution in [0.15, 0.2) is 71.6 Å². The summed E-state index contributed by atoms with van der Waals surface area (Å²) in [7, 11) is -3.74. The zero-order valence-electron chi connectivity index (χ0n) is 20.2. The maximum Gasteiger partial charge on any atom is 0.329 e. The Labute approximate surface area is 206 Å². The second-order valence-corrected chi connectivity index (χ2v) is 10.6. The molecule has 1 amide bonds. The van der Waals surface area contributed by atoms with Crippen LogP contribution in [-0.2, 0) is 30.9 Å². The molecule has 0 aliphatic heterocycles. The van der Waals surface area contributed by atoms with Crippen LogP contribution in [0.5, 0.6) is 0 Å². The molecule has 3 aromatic rings. The highest BCUT2D eigenvalue weighted by Crippen LogP contribution is 2.29. The van der Waals surface area contributed by atoms with E-state index in [0.29, 0.717) is 16.5 Å². The van der Waals surface area contributed by atoms with Crippen LogP contribution >= 0.6 is 0 Å². The molecule has 0 saturated heterocycles. The predicted molar refractivity (Wildman–Crippen MR) is 136 cm³/mol. The second kappa shape index (κ2) is 11.4. The van der Waals surface area contributed by atoms with Gasteiger partial charge in [-0.3, -0.25) is 9.59 Å². The summed E-state index contributed by atoms with van der Waals surface area (Å²) >= 11 is 0. The molecule has 0 bridgehead atoms. The number of anilines is 1. The number of hydroxylamine groups is 1. The van der Waals surface area contributed by atoms with Gasteiger partial charge in [-0.25, -0.2) is 13.1 Å². The van der Waals surface area contributed by atoms with E-state index in [-0.39, 0.29) is 23.3 Å². The van der Waals surface area contributed by atoms with Crippen LogP contribution in [0, 0.1) is 5.92 Å². The Hall–Kier alpha value is -3.27. The summed E-state index contributed by atoms with van der Waals surface area (Å²) in [5, 5.41) is 3.92. The maximum atomic E-state index is 13.1. The monoisotopic (exact) mass is 497 g/mol. The van der Waals surface area contributed by atoms with E-state index in [9.17, 15) is 18.0 Å². The normalized spacial score (nSPS) is 12.6. The number of carbonyl (C=O) groups is 2. The number of hydrogen-bond donors (Lipinski definition) is 3. The molecule has 0 aromatic heterocycles. The molecule has 0 aliphatic rings. The van der Waals surface area contributed by atoms with E-state index in [4.69, 9.17) is 4.84 Å². The quantitative estimate of drug-likeness (QED) is 0.368. The summed E-state index contributed by atoms with van der Waals surface area (Å²) in [6.45, 7) is 7.15. The molecule has 0 aliphatic carbocycles. The lowest BCUT2D eigenvalue weighted by atomic mass is 10.0. The fourth-order valence-electron chi connectivity index (χ4n) is 3.63. The number of nitrogens with one attached hydrogen (secondary N) is 3. The van der Waals surface area contributed by atoms with E-state index < -0.39 is 27.9 Å². The molecule has 1 unspecified atom stereocenters. The van der Waals surface area contributed by atoms with Crippen LogP contribution in [0.1, 0.15) is 33.3 Å². The molecule has 0 spiro atoms. The smallest absolute Gasteiger partial charge is 0.329 e. The van der Waals surface area contributed by atoms with Crippen LogP contribution in [0.4, 0.5) is 5.69 Å². The van der Waals surface area contributed by atoms with Gasteiger partial charge in [-0.05, 0) is 37.5 Å². The van der Waals surface area contributed by atoms with Crippen molar-refractivity contribution in [3.8, 4) is 0 Å². The summed E-state index contributed by atoms with van der Waals surface area (Å²) in [6.07, 6.45) is 0.0747. The highest BCUT2D eigenvalue weighted by molar-refractivity contribution is 7.89. The number of benzene rings is 3. The van der Waals surface area contributed by atoms with Crippen molar-refractivity contribution < 1.29 is 22.8 Å². The minimum atomic E-state index is -3.74. The zero-order valence-corrected chi connectivity index (χ0v) is 21.1. The summed E-state index contributed by atoms with van der Waals surface area (Å²) in [4.78, 5) is 30.6. The Morgan fingerprint density at radius 2 is 1.51 bits per heavy atom. The molecule has 35 heavy (non-hydrogen) atoms. The highest BCUT2D eigenvalue weighted by atomic mass is 32.2. The Bertz CT molecular complexity index is 1290. The van der Waals surface area contributed by atoms with E-state index in [0.717, 1.165) is 5.56 Å². The van der Waals surface area contributed by atoms with Crippen LogP contribution in [0.3, 0.4) is 0 Å². The summed E-state index contributed by atoms with van der Waals surface area (Å²) < 4.78 is 28.2. The van der Waals surface area contributed by atoms with E-state index in [1.807, 2.05) is 44.2 Å². The topological polar surface area (TPSA) is 114 Å². The van der Waals surface area contributed by atoms with Gasteiger partial charge in [0.1, 0.15) is 6.04 Å². The Balaban J connectivity index is 1.78. The Morgan fingerprint density at radius 1 is 0.857 bits per heavy atom. The molecule has 186 valence electrons. The summed E-state index contributed by atoms with van der Waals surface area (Å²) in [5.41, 5.74) is 3.86. The van der Waals surface area contributed by atoms with Gasteiger partial charge in [-0.1, -0.05) is 68.4 Å². The molecule has 1 atom stereocenters. The first kappa shape index (κ1) is 26.3. The number of sulfonamides is 1. The summed E-state index contributed by atoms with van der Waals surface area (Å²) in [5.74, 6) is -1.11. The number of amides is 1. The van der Waals surface area contributed by atoms with Gasteiger partial charge in [0, 0.05) is 22.5 Å². The molecule has 3 N–H and O–H groups in total. The number of rotatable bonds is 10. The van der Waals surface area contributed by atoms with Crippen molar-refractivity contribution in [3.05, 3.63) is 72.3 Å². The lowest BCUT2D eigenvalue weighted by Crippen LogP contribution is -2.45. The van der Waals surface area contributed by atoms with Crippen molar-refractivity contribution in [1.82, 2.24) is 10.2 Å². The fraction of sp³-hybridized carbons (Fsp3) is 0.308. The van der Waals surface area contributed by atoms with Gasteiger partial charge in [0.15, 0.2) is 0 Å². The van der Waals surface area contributed by atoms with Crippen LogP contribution < -0.4 is 15.5 Å². The largest absolute Gasteiger partial charge is 0.370 e. The molecule has 9 heteroatoms. The average Bonchev–Trinajstić information content (AvgIpc) is 2.78. The molecule has 3 aromatic carbocycles. The van der Waals surface area contributed by atoms with E-state index in [2.05, 4.69) is 15.5 Å². The standard InChI is InChI=1S/C26H31N3O5S/c1-17(2)25(28-34-24(30)16-19-10-6-5-7-11-19)26(31)27-22-14-8-13-21-20(22)12-9-15-23(21)35(32,33)29-18(3)4/h5-15,17-18,25,28-29H,16H2,1-4H3,(H,27,31). The zero-order chi connectivity index (χ0) is 25.6. The lowest BCUT2D eigenvalue weighted by Gasteiger charge is -2.21. The van der Waals surface area contributed by atoms with E-state index in [1.54, 1.807) is 44.2 Å². The van der Waals surface area contributed by atoms with Gasteiger partial charge in [-0.2, -0.15) is 0 Å². The molecule has 0 radical (unpaired) electrons. The number of fused-ring (bicyclic) bond motifs is 1. The Kier molecular flexibility index (Phi) is 8.61. The lowest BCUT2D eigenvalue weighted by molar-refractivity contribution is -0.154. The van der Waals surface area contributed by atoms with Crippen LogP contribution in [0.25, 0.3) is 10.8 Å². The molecule has 0 heterocycles. The maximum absolute atomic E-state index is 13.1. The first-order valence-corrected chi connectivity index (χ1v) is 12.9. The van der Waals surface area contributed by atoms with Gasteiger partial charge < -0.3 is 10.2 Å². The van der Waals surface area contributed by atoms with E-state index in [1.165, 1.54) is 6.07 Å². The highest BCUT2D eigenvalue weighted by Gasteiger charge is 2.25. The van der Waals surface area contributed by atoms with Gasteiger partial charge in [0.2, 0.25) is 15.9 Å². The van der Waals surface area contributed by atoms with E-state index >= 15 is 0 Å². The first-order chi connectivity index (χ1) is 16.6.